The number of ether oxygens (including phenoxy) is 1. The van der Waals surface area contributed by atoms with Crippen LogP contribution in [0.3, 0.4) is 0 Å². The smallest absolute Gasteiger partial charge is 0.293 e. The second-order valence-corrected chi connectivity index (χ2v) is 8.76. The van der Waals surface area contributed by atoms with Gasteiger partial charge in [-0.3, -0.25) is 19.4 Å². The largest absolute Gasteiger partial charge is 0.468 e. The van der Waals surface area contributed by atoms with Crippen molar-refractivity contribution in [3.63, 3.8) is 0 Å². The molecule has 220 valence electrons. The number of aliphatic imine (C=N–C) groups is 1. The van der Waals surface area contributed by atoms with Gasteiger partial charge in [0.15, 0.2) is 0 Å². The highest BCUT2D eigenvalue weighted by Gasteiger charge is 2.21. The van der Waals surface area contributed by atoms with Crippen LogP contribution in [-0.4, -0.2) is 50.2 Å². The Morgan fingerprint density at radius 3 is 2.46 bits per heavy atom. The first-order valence-corrected chi connectivity index (χ1v) is 15.1. The van der Waals surface area contributed by atoms with Crippen LogP contribution in [0.1, 0.15) is 93.1 Å². The van der Waals surface area contributed by atoms with Crippen molar-refractivity contribution in [2.45, 2.75) is 98.4 Å². The molecule has 1 fully saturated rings. The van der Waals surface area contributed by atoms with E-state index in [1.54, 1.807) is 18.7 Å². The summed E-state index contributed by atoms with van der Waals surface area (Å²) >= 11 is 1.70. The zero-order valence-corrected chi connectivity index (χ0v) is 26.2. The fourth-order valence-corrected chi connectivity index (χ4v) is 4.29. The van der Waals surface area contributed by atoms with Gasteiger partial charge in [0.2, 0.25) is 11.8 Å². The molecule has 2 heterocycles. The standard InChI is InChI=1S/C22H27N3O2S.C3H6O2.3C2H6/c1-16-14-23-15-17-8-4-5-10-20(17)28-19(16)11-7-12-21(26)25-18-9-3-2-6-13-24-22(18)27;1-2-5-3-4;3*1-2/h4-5,7-8,10-11,15,18H,2-3,6,9,12-14H2,1H3,(H,24,27)(H,25,26);3H,2H2,1H3;3*1-2H3/b11-7-,19-16-,23-15?;;;;. The number of nitrogens with zero attached hydrogens (tertiary/aromatic N) is 1. The molecule has 1 atom stereocenters. The normalized spacial score (nSPS) is 17.9. The minimum Gasteiger partial charge on any atom is -0.468 e. The number of amides is 2. The number of nitrogens with one attached hydrogen (secondary N) is 2. The number of fused-ring (bicyclic) bond motifs is 1. The summed E-state index contributed by atoms with van der Waals surface area (Å²) in [5.41, 5.74) is 2.28. The number of carbonyl (C=O) groups excluding carboxylic acids is 3. The van der Waals surface area contributed by atoms with Gasteiger partial charge in [0.25, 0.3) is 6.47 Å². The van der Waals surface area contributed by atoms with E-state index in [9.17, 15) is 14.4 Å². The van der Waals surface area contributed by atoms with Crippen molar-refractivity contribution in [3.8, 4) is 0 Å². The van der Waals surface area contributed by atoms with Crippen molar-refractivity contribution in [2.24, 2.45) is 4.99 Å². The van der Waals surface area contributed by atoms with E-state index in [0.717, 1.165) is 34.6 Å². The van der Waals surface area contributed by atoms with Gasteiger partial charge in [0.05, 0.1) is 13.2 Å². The molecule has 0 spiro atoms. The molecule has 0 aromatic heterocycles. The highest BCUT2D eigenvalue weighted by molar-refractivity contribution is 8.03. The van der Waals surface area contributed by atoms with E-state index in [1.165, 1.54) is 5.57 Å². The van der Waals surface area contributed by atoms with E-state index >= 15 is 0 Å². The molecule has 7 nitrogen and oxygen atoms in total. The number of hydrogen-bond acceptors (Lipinski definition) is 6. The molecule has 0 saturated carbocycles. The van der Waals surface area contributed by atoms with Gasteiger partial charge in [-0.15, -0.1) is 0 Å². The second kappa shape index (κ2) is 26.7. The maximum absolute atomic E-state index is 12.3. The molecule has 2 aliphatic heterocycles. The number of carbonyl (C=O) groups is 3. The topological polar surface area (TPSA) is 96.9 Å². The summed E-state index contributed by atoms with van der Waals surface area (Å²) in [5.74, 6) is -0.190. The van der Waals surface area contributed by atoms with E-state index in [2.05, 4.69) is 39.4 Å². The Balaban J connectivity index is 0. The Labute approximate surface area is 241 Å². The van der Waals surface area contributed by atoms with Crippen molar-refractivity contribution in [1.82, 2.24) is 10.6 Å². The van der Waals surface area contributed by atoms with Gasteiger partial charge in [-0.25, -0.2) is 0 Å². The van der Waals surface area contributed by atoms with Crippen molar-refractivity contribution < 1.29 is 19.1 Å². The van der Waals surface area contributed by atoms with E-state index in [4.69, 9.17) is 0 Å². The van der Waals surface area contributed by atoms with Crippen molar-refractivity contribution in [3.05, 3.63) is 52.5 Å². The number of allylic oxidation sites excluding steroid dienone is 1. The van der Waals surface area contributed by atoms with Crippen LogP contribution in [0.2, 0.25) is 0 Å². The summed E-state index contributed by atoms with van der Waals surface area (Å²) in [6.45, 7) is 18.1. The minimum absolute atomic E-state index is 0.0689. The summed E-state index contributed by atoms with van der Waals surface area (Å²) in [5, 5.41) is 5.75. The Hall–Kier alpha value is -2.87. The van der Waals surface area contributed by atoms with Crippen LogP contribution >= 0.6 is 11.8 Å². The first kappa shape index (κ1) is 38.3. The molecule has 0 radical (unpaired) electrons. The number of benzene rings is 1. The third-order valence-corrected chi connectivity index (χ3v) is 6.34. The molecular weight excluding hydrogens is 510 g/mol. The molecule has 2 N–H and O–H groups in total. The Morgan fingerprint density at radius 2 is 1.82 bits per heavy atom. The van der Waals surface area contributed by atoms with Gasteiger partial charge in [0, 0.05) is 34.5 Å². The van der Waals surface area contributed by atoms with Gasteiger partial charge in [-0.2, -0.15) is 0 Å². The highest BCUT2D eigenvalue weighted by Crippen LogP contribution is 2.33. The lowest BCUT2D eigenvalue weighted by atomic mass is 10.0. The molecule has 39 heavy (non-hydrogen) atoms. The third kappa shape index (κ3) is 17.4. The third-order valence-electron chi connectivity index (χ3n) is 5.05. The maximum Gasteiger partial charge on any atom is 0.293 e. The van der Waals surface area contributed by atoms with Crippen LogP contribution in [0.5, 0.6) is 0 Å². The van der Waals surface area contributed by atoms with Crippen LogP contribution in [0.4, 0.5) is 0 Å². The summed E-state index contributed by atoms with van der Waals surface area (Å²) in [6.07, 6.45) is 9.81. The van der Waals surface area contributed by atoms with E-state index in [-0.39, 0.29) is 18.2 Å². The predicted octanol–water partition coefficient (Wildman–Crippen LogP) is 6.86. The SMILES string of the molecule is C/C1=C(\C=C/CC(=O)NC2CCCCCNC2=O)Sc2ccccc2C=NC1.CC.CC.CC.CCOC=O. The average Bonchev–Trinajstić information content (AvgIpc) is 2.96. The molecule has 2 aliphatic rings. The number of thioether (sulfide) groups is 1. The zero-order chi connectivity index (χ0) is 29.9. The molecule has 1 saturated heterocycles. The van der Waals surface area contributed by atoms with E-state index < -0.39 is 6.04 Å². The molecule has 1 aromatic carbocycles. The van der Waals surface area contributed by atoms with Crippen LogP contribution < -0.4 is 10.6 Å². The molecular formula is C31H51N3O4S. The van der Waals surface area contributed by atoms with Gasteiger partial charge in [-0.1, -0.05) is 96.5 Å². The van der Waals surface area contributed by atoms with Gasteiger partial charge < -0.3 is 15.4 Å². The summed E-state index contributed by atoms with van der Waals surface area (Å²) in [6, 6.07) is 7.75. The van der Waals surface area contributed by atoms with Crippen LogP contribution in [-0.2, 0) is 19.1 Å². The average molecular weight is 562 g/mol. The molecule has 2 amide bonds. The highest BCUT2D eigenvalue weighted by atomic mass is 32.2. The predicted molar refractivity (Wildman–Crippen MR) is 166 cm³/mol. The lowest BCUT2D eigenvalue weighted by Crippen LogP contribution is -2.47. The summed E-state index contributed by atoms with van der Waals surface area (Å²) in [4.78, 5) is 40.3. The summed E-state index contributed by atoms with van der Waals surface area (Å²) in [7, 11) is 0. The molecule has 3 rings (SSSR count). The Kier molecular flexibility index (Phi) is 26.2. The van der Waals surface area contributed by atoms with Gasteiger partial charge in [0.1, 0.15) is 6.04 Å². The van der Waals surface area contributed by atoms with Gasteiger partial charge in [-0.05, 0) is 38.3 Å². The maximum atomic E-state index is 12.3. The van der Waals surface area contributed by atoms with Crippen LogP contribution in [0.15, 0.2) is 56.8 Å². The van der Waals surface area contributed by atoms with Crippen molar-refractivity contribution in [2.75, 3.05) is 19.7 Å². The minimum atomic E-state index is -0.417. The summed E-state index contributed by atoms with van der Waals surface area (Å²) < 4.78 is 4.15. The number of rotatable bonds is 6. The van der Waals surface area contributed by atoms with Crippen LogP contribution in [0.25, 0.3) is 0 Å². The van der Waals surface area contributed by atoms with E-state index in [0.29, 0.717) is 32.6 Å². The molecule has 1 aromatic rings. The molecule has 0 aliphatic carbocycles. The lowest BCUT2D eigenvalue weighted by Gasteiger charge is -2.20. The second-order valence-electron chi connectivity index (χ2n) is 7.67. The fraction of sp³-hybridized carbons (Fsp3) is 0.548. The molecule has 1 unspecified atom stereocenters. The zero-order valence-electron chi connectivity index (χ0n) is 25.3. The van der Waals surface area contributed by atoms with Crippen molar-refractivity contribution >= 4 is 36.3 Å². The van der Waals surface area contributed by atoms with Crippen LogP contribution in [0, 0.1) is 0 Å². The number of hydrogen-bond donors (Lipinski definition) is 2. The Morgan fingerprint density at radius 1 is 1.13 bits per heavy atom. The molecule has 0 bridgehead atoms. The lowest BCUT2D eigenvalue weighted by molar-refractivity contribution is -0.129. The molecule has 8 heteroatoms. The first-order chi connectivity index (χ1) is 19.0. The monoisotopic (exact) mass is 561 g/mol. The van der Waals surface area contributed by atoms with Gasteiger partial charge >= 0.3 is 0 Å². The fourth-order valence-electron chi connectivity index (χ4n) is 3.27. The Bertz CT molecular complexity index is 898. The quantitative estimate of drug-likeness (QED) is 0.370. The first-order valence-electron chi connectivity index (χ1n) is 14.3. The van der Waals surface area contributed by atoms with E-state index in [1.807, 2.05) is 72.0 Å². The van der Waals surface area contributed by atoms with Crippen molar-refractivity contribution in [1.29, 1.82) is 0 Å².